The summed E-state index contributed by atoms with van der Waals surface area (Å²) in [7, 11) is 0. The summed E-state index contributed by atoms with van der Waals surface area (Å²) < 4.78 is 0. The van der Waals surface area contributed by atoms with Crippen LogP contribution in [0.1, 0.15) is 37.7 Å². The van der Waals surface area contributed by atoms with Gasteiger partial charge in [-0.15, -0.1) is 0 Å². The fourth-order valence-corrected chi connectivity index (χ4v) is 4.88. The molecule has 0 spiro atoms. The van der Waals surface area contributed by atoms with Crippen LogP contribution in [0.25, 0.3) is 0 Å². The number of para-hydroxylation sites is 1. The highest BCUT2D eigenvalue weighted by molar-refractivity contribution is 5.58. The van der Waals surface area contributed by atoms with Crippen LogP contribution in [0.15, 0.2) is 24.3 Å². The number of nitrogens with two attached hydrogens (primary N) is 1. The number of nitrogens with zero attached hydrogens (tertiary/aromatic N) is 2. The van der Waals surface area contributed by atoms with Gasteiger partial charge >= 0.3 is 0 Å². The SMILES string of the molecule is NCC1(N2CCCc3ccccc32)CCN2CCCC2C1. The van der Waals surface area contributed by atoms with Crippen LogP contribution in [0.2, 0.25) is 0 Å². The zero-order chi connectivity index (χ0) is 14.3. The van der Waals surface area contributed by atoms with Crippen LogP contribution < -0.4 is 10.6 Å². The smallest absolute Gasteiger partial charge is 0.0551 e. The Balaban J connectivity index is 1.67. The van der Waals surface area contributed by atoms with Gasteiger partial charge in [-0.3, -0.25) is 0 Å². The molecular formula is C18H27N3. The monoisotopic (exact) mass is 285 g/mol. The third-order valence-corrected chi connectivity index (χ3v) is 6.04. The molecule has 2 N–H and O–H groups in total. The van der Waals surface area contributed by atoms with E-state index >= 15 is 0 Å². The first-order valence-electron chi connectivity index (χ1n) is 8.62. The van der Waals surface area contributed by atoms with Gasteiger partial charge in [0.1, 0.15) is 0 Å². The first-order valence-corrected chi connectivity index (χ1v) is 8.62. The van der Waals surface area contributed by atoms with E-state index in [2.05, 4.69) is 34.1 Å². The summed E-state index contributed by atoms with van der Waals surface area (Å²) in [5.74, 6) is 0. The van der Waals surface area contributed by atoms with Crippen molar-refractivity contribution in [3.05, 3.63) is 29.8 Å². The van der Waals surface area contributed by atoms with Crippen molar-refractivity contribution in [1.29, 1.82) is 0 Å². The lowest BCUT2D eigenvalue weighted by atomic mass is 9.80. The quantitative estimate of drug-likeness (QED) is 0.905. The lowest BCUT2D eigenvalue weighted by Gasteiger charge is -2.53. The lowest BCUT2D eigenvalue weighted by Crippen LogP contribution is -2.62. The van der Waals surface area contributed by atoms with E-state index in [0.29, 0.717) is 0 Å². The van der Waals surface area contributed by atoms with E-state index in [1.807, 2.05) is 0 Å². The molecule has 4 rings (SSSR count). The topological polar surface area (TPSA) is 32.5 Å². The highest BCUT2D eigenvalue weighted by Crippen LogP contribution is 2.41. The molecule has 3 aliphatic rings. The number of anilines is 1. The number of hydrogen-bond acceptors (Lipinski definition) is 3. The predicted molar refractivity (Wildman–Crippen MR) is 87.7 cm³/mol. The number of benzene rings is 1. The summed E-state index contributed by atoms with van der Waals surface area (Å²) in [6.45, 7) is 4.52. The fraction of sp³-hybridized carbons (Fsp3) is 0.667. The van der Waals surface area contributed by atoms with Crippen LogP contribution in [-0.4, -0.2) is 42.7 Å². The third kappa shape index (κ3) is 2.18. The Morgan fingerprint density at radius 1 is 1.14 bits per heavy atom. The molecule has 0 aliphatic carbocycles. The van der Waals surface area contributed by atoms with Gasteiger partial charge in [-0.2, -0.15) is 0 Å². The van der Waals surface area contributed by atoms with Crippen molar-refractivity contribution >= 4 is 5.69 Å². The number of hydrogen-bond donors (Lipinski definition) is 1. The van der Waals surface area contributed by atoms with Gasteiger partial charge in [0, 0.05) is 31.4 Å². The van der Waals surface area contributed by atoms with Crippen molar-refractivity contribution in [3.8, 4) is 0 Å². The predicted octanol–water partition coefficient (Wildman–Crippen LogP) is 2.39. The van der Waals surface area contributed by atoms with E-state index < -0.39 is 0 Å². The minimum Gasteiger partial charge on any atom is -0.364 e. The molecule has 1 aromatic carbocycles. The van der Waals surface area contributed by atoms with Crippen molar-refractivity contribution in [3.63, 3.8) is 0 Å². The van der Waals surface area contributed by atoms with Crippen LogP contribution in [0.4, 0.5) is 5.69 Å². The first-order chi connectivity index (χ1) is 10.3. The number of rotatable bonds is 2. The lowest BCUT2D eigenvalue weighted by molar-refractivity contribution is 0.127. The summed E-state index contributed by atoms with van der Waals surface area (Å²) >= 11 is 0. The Morgan fingerprint density at radius 2 is 2.05 bits per heavy atom. The van der Waals surface area contributed by atoms with E-state index in [1.54, 1.807) is 0 Å². The Morgan fingerprint density at radius 3 is 2.95 bits per heavy atom. The molecule has 0 saturated carbocycles. The van der Waals surface area contributed by atoms with Gasteiger partial charge in [-0.25, -0.2) is 0 Å². The van der Waals surface area contributed by atoms with Crippen LogP contribution in [0, 0.1) is 0 Å². The maximum Gasteiger partial charge on any atom is 0.0551 e. The van der Waals surface area contributed by atoms with E-state index in [9.17, 15) is 0 Å². The van der Waals surface area contributed by atoms with Crippen molar-refractivity contribution in [2.45, 2.75) is 50.1 Å². The second kappa shape index (κ2) is 5.29. The van der Waals surface area contributed by atoms with Crippen LogP contribution in [-0.2, 0) is 6.42 Å². The number of piperidine rings is 1. The van der Waals surface area contributed by atoms with Gasteiger partial charge in [0.2, 0.25) is 0 Å². The Kier molecular flexibility index (Phi) is 3.43. The number of fused-ring (bicyclic) bond motifs is 2. The second-order valence-electron chi connectivity index (χ2n) is 7.10. The first kappa shape index (κ1) is 13.6. The average molecular weight is 285 g/mol. The highest BCUT2D eigenvalue weighted by atomic mass is 15.3. The molecule has 0 amide bonds. The van der Waals surface area contributed by atoms with E-state index in [4.69, 9.17) is 5.73 Å². The third-order valence-electron chi connectivity index (χ3n) is 6.04. The molecule has 2 saturated heterocycles. The van der Waals surface area contributed by atoms with Gasteiger partial charge < -0.3 is 15.5 Å². The molecule has 0 aromatic heterocycles. The molecule has 21 heavy (non-hydrogen) atoms. The summed E-state index contributed by atoms with van der Waals surface area (Å²) in [5, 5.41) is 0. The molecule has 2 unspecified atom stereocenters. The molecule has 3 heteroatoms. The maximum absolute atomic E-state index is 6.35. The van der Waals surface area contributed by atoms with Gasteiger partial charge in [-0.05, 0) is 56.7 Å². The fourth-order valence-electron chi connectivity index (χ4n) is 4.88. The summed E-state index contributed by atoms with van der Waals surface area (Å²) in [5.41, 5.74) is 9.52. The Bertz CT molecular complexity index is 515. The normalized spacial score (nSPS) is 32.8. The molecule has 3 aliphatic heterocycles. The average Bonchev–Trinajstić information content (AvgIpc) is 3.01. The largest absolute Gasteiger partial charge is 0.364 e. The van der Waals surface area contributed by atoms with Gasteiger partial charge in [0.05, 0.1) is 5.54 Å². The molecule has 0 bridgehead atoms. The zero-order valence-corrected chi connectivity index (χ0v) is 12.9. The highest BCUT2D eigenvalue weighted by Gasteiger charge is 2.45. The molecule has 2 fully saturated rings. The molecule has 114 valence electrons. The molecule has 1 aromatic rings. The molecule has 3 nitrogen and oxygen atoms in total. The standard InChI is InChI=1S/C18H27N3/c19-14-18(9-12-20-10-4-7-16(20)13-18)21-11-3-6-15-5-1-2-8-17(15)21/h1-2,5,8,16H,3-4,6-7,9-14,19H2. The summed E-state index contributed by atoms with van der Waals surface area (Å²) in [4.78, 5) is 5.38. The second-order valence-corrected chi connectivity index (χ2v) is 7.10. The van der Waals surface area contributed by atoms with Gasteiger partial charge in [0.15, 0.2) is 0 Å². The molecular weight excluding hydrogens is 258 g/mol. The van der Waals surface area contributed by atoms with E-state index in [1.165, 1.54) is 69.4 Å². The van der Waals surface area contributed by atoms with Crippen LogP contribution in [0.3, 0.4) is 0 Å². The van der Waals surface area contributed by atoms with Gasteiger partial charge in [-0.1, -0.05) is 18.2 Å². The zero-order valence-electron chi connectivity index (χ0n) is 12.9. The van der Waals surface area contributed by atoms with Crippen LogP contribution in [0.5, 0.6) is 0 Å². The van der Waals surface area contributed by atoms with E-state index in [-0.39, 0.29) is 5.54 Å². The Hall–Kier alpha value is -1.06. The van der Waals surface area contributed by atoms with Crippen LogP contribution >= 0.6 is 0 Å². The molecule has 0 radical (unpaired) electrons. The number of aryl methyl sites for hydroxylation is 1. The van der Waals surface area contributed by atoms with Crippen molar-refractivity contribution in [2.24, 2.45) is 5.73 Å². The van der Waals surface area contributed by atoms with E-state index in [0.717, 1.165) is 12.6 Å². The maximum atomic E-state index is 6.35. The Labute approximate surface area is 128 Å². The van der Waals surface area contributed by atoms with Crippen molar-refractivity contribution < 1.29 is 0 Å². The van der Waals surface area contributed by atoms with Gasteiger partial charge in [0.25, 0.3) is 0 Å². The molecule has 3 heterocycles. The van der Waals surface area contributed by atoms with Crippen molar-refractivity contribution in [1.82, 2.24) is 4.90 Å². The minimum atomic E-state index is 0.196. The minimum absolute atomic E-state index is 0.196. The summed E-state index contributed by atoms with van der Waals surface area (Å²) in [6, 6.07) is 9.75. The molecule has 2 atom stereocenters. The summed E-state index contributed by atoms with van der Waals surface area (Å²) in [6.07, 6.45) is 7.74. The van der Waals surface area contributed by atoms with Crippen molar-refractivity contribution in [2.75, 3.05) is 31.1 Å².